The minimum atomic E-state index is -0.984. The molecule has 142 valence electrons. The Labute approximate surface area is 159 Å². The number of carboxylic acid groups (broad SMARTS) is 1. The quantitative estimate of drug-likeness (QED) is 0.663. The predicted molar refractivity (Wildman–Crippen MR) is 106 cm³/mol. The molecule has 0 amide bonds. The van der Waals surface area contributed by atoms with Crippen molar-refractivity contribution in [2.24, 2.45) is 0 Å². The molecule has 0 bridgehead atoms. The van der Waals surface area contributed by atoms with E-state index in [0.717, 1.165) is 34.4 Å². The summed E-state index contributed by atoms with van der Waals surface area (Å²) in [6, 6.07) is 10.3. The number of aliphatic hydroxyl groups is 1. The average Bonchev–Trinajstić information content (AvgIpc) is 3.14. The number of hydrogen-bond acceptors (Lipinski definition) is 4. The summed E-state index contributed by atoms with van der Waals surface area (Å²) in [5.74, 6) is 0.280. The normalized spacial score (nSPS) is 13.4. The zero-order chi connectivity index (χ0) is 19.6. The van der Waals surface area contributed by atoms with Crippen LogP contribution in [0.3, 0.4) is 0 Å². The number of carboxylic acids is 1. The van der Waals surface area contributed by atoms with Crippen LogP contribution >= 0.6 is 0 Å². The van der Waals surface area contributed by atoms with Gasteiger partial charge in [0, 0.05) is 40.6 Å². The van der Waals surface area contributed by atoms with E-state index in [4.69, 9.17) is 9.84 Å². The summed E-state index contributed by atoms with van der Waals surface area (Å²) in [5.41, 5.74) is 5.86. The third kappa shape index (κ3) is 3.83. The fourth-order valence-corrected chi connectivity index (χ4v) is 3.26. The lowest BCUT2D eigenvalue weighted by Crippen LogP contribution is -2.04. The van der Waals surface area contributed by atoms with Gasteiger partial charge in [-0.3, -0.25) is 0 Å². The maximum Gasteiger partial charge on any atom is 0.332 e. The van der Waals surface area contributed by atoms with Crippen LogP contribution in [0, 0.1) is 0 Å². The van der Waals surface area contributed by atoms with Gasteiger partial charge in [-0.2, -0.15) is 0 Å². The largest absolute Gasteiger partial charge is 0.492 e. The van der Waals surface area contributed by atoms with Crippen LogP contribution in [-0.2, 0) is 17.8 Å². The van der Waals surface area contributed by atoms with Crippen LogP contribution in [0.2, 0.25) is 0 Å². The highest BCUT2D eigenvalue weighted by molar-refractivity contribution is 5.86. The highest BCUT2D eigenvalue weighted by atomic mass is 16.5. The molecule has 3 rings (SSSR count). The van der Waals surface area contributed by atoms with Crippen molar-refractivity contribution in [3.63, 3.8) is 0 Å². The molecule has 0 spiro atoms. The van der Waals surface area contributed by atoms with Crippen LogP contribution in [0.5, 0.6) is 5.75 Å². The maximum atomic E-state index is 11.1. The van der Waals surface area contributed by atoms with Crippen molar-refractivity contribution in [2.45, 2.75) is 39.7 Å². The number of aliphatic carboxylic acids is 1. The van der Waals surface area contributed by atoms with Crippen molar-refractivity contribution >= 4 is 11.7 Å². The topological polar surface area (TPSA) is 78.8 Å². The van der Waals surface area contributed by atoms with Crippen molar-refractivity contribution in [1.29, 1.82) is 0 Å². The van der Waals surface area contributed by atoms with E-state index in [-0.39, 0.29) is 12.2 Å². The first-order chi connectivity index (χ1) is 12.9. The zero-order valence-electron chi connectivity index (χ0n) is 15.9. The number of aliphatic hydroxyl groups excluding tert-OH is 1. The molecule has 27 heavy (non-hydrogen) atoms. The first kappa shape index (κ1) is 19.0. The number of nitrogens with one attached hydrogen (secondary N) is 1. The fraction of sp³-hybridized carbons (Fsp3) is 0.318. The first-order valence-electron chi connectivity index (χ1n) is 9.11. The first-order valence-corrected chi connectivity index (χ1v) is 9.11. The van der Waals surface area contributed by atoms with E-state index in [0.29, 0.717) is 18.2 Å². The SMILES string of the molecule is CC(=CNc1cc(-c2ccc(C(C)C)cc2)c2c(c1CO)CCO2)C(=O)O. The van der Waals surface area contributed by atoms with Gasteiger partial charge in [0.05, 0.1) is 13.2 Å². The Kier molecular flexibility index (Phi) is 5.51. The fourth-order valence-electron chi connectivity index (χ4n) is 3.26. The minimum absolute atomic E-state index is 0.138. The van der Waals surface area contributed by atoms with Gasteiger partial charge in [-0.1, -0.05) is 38.1 Å². The van der Waals surface area contributed by atoms with Crippen LogP contribution in [0.1, 0.15) is 43.4 Å². The van der Waals surface area contributed by atoms with Crippen molar-refractivity contribution in [2.75, 3.05) is 11.9 Å². The van der Waals surface area contributed by atoms with E-state index in [2.05, 4.69) is 43.4 Å². The Balaban J connectivity index is 2.08. The molecule has 5 heteroatoms. The molecule has 2 aromatic rings. The smallest absolute Gasteiger partial charge is 0.332 e. The van der Waals surface area contributed by atoms with Crippen LogP contribution in [0.4, 0.5) is 5.69 Å². The van der Waals surface area contributed by atoms with Crippen molar-refractivity contribution < 1.29 is 19.7 Å². The Morgan fingerprint density at radius 3 is 2.59 bits per heavy atom. The molecule has 1 aliphatic rings. The molecule has 0 radical (unpaired) electrons. The molecule has 0 fully saturated rings. The molecule has 0 aromatic heterocycles. The Morgan fingerprint density at radius 1 is 1.30 bits per heavy atom. The molecule has 0 saturated carbocycles. The summed E-state index contributed by atoms with van der Waals surface area (Å²) in [4.78, 5) is 11.1. The second-order valence-corrected chi connectivity index (χ2v) is 7.07. The van der Waals surface area contributed by atoms with Crippen LogP contribution < -0.4 is 10.1 Å². The van der Waals surface area contributed by atoms with Gasteiger partial charge < -0.3 is 20.3 Å². The molecule has 5 nitrogen and oxygen atoms in total. The maximum absolute atomic E-state index is 11.1. The van der Waals surface area contributed by atoms with Crippen LogP contribution in [0.25, 0.3) is 11.1 Å². The standard InChI is InChI=1S/C22H25NO4/c1-13(2)15-4-6-16(7-5-15)18-10-20(23-11-14(3)22(25)26)19(12-24)17-8-9-27-21(17)18/h4-7,10-11,13,23-24H,8-9,12H2,1-3H3,(H,25,26). The summed E-state index contributed by atoms with van der Waals surface area (Å²) in [7, 11) is 0. The van der Waals surface area contributed by atoms with Gasteiger partial charge in [-0.15, -0.1) is 0 Å². The molecule has 1 heterocycles. The number of benzene rings is 2. The molecular formula is C22H25NO4. The lowest BCUT2D eigenvalue weighted by atomic mass is 9.93. The van der Waals surface area contributed by atoms with E-state index >= 15 is 0 Å². The molecule has 3 N–H and O–H groups in total. The number of fused-ring (bicyclic) bond motifs is 1. The molecular weight excluding hydrogens is 342 g/mol. The predicted octanol–water partition coefficient (Wildman–Crippen LogP) is 4.30. The van der Waals surface area contributed by atoms with Crippen LogP contribution in [-0.4, -0.2) is 22.8 Å². The van der Waals surface area contributed by atoms with Crippen molar-refractivity contribution in [1.82, 2.24) is 0 Å². The highest BCUT2D eigenvalue weighted by Crippen LogP contribution is 2.42. The Hall–Kier alpha value is -2.79. The number of ether oxygens (including phenoxy) is 1. The van der Waals surface area contributed by atoms with E-state index in [1.54, 1.807) is 0 Å². The van der Waals surface area contributed by atoms with Crippen LogP contribution in [0.15, 0.2) is 42.1 Å². The Bertz CT molecular complexity index is 882. The van der Waals surface area contributed by atoms with Gasteiger partial charge in [0.2, 0.25) is 0 Å². The lowest BCUT2D eigenvalue weighted by Gasteiger charge is -2.17. The number of anilines is 1. The minimum Gasteiger partial charge on any atom is -0.492 e. The molecule has 0 saturated heterocycles. The summed E-state index contributed by atoms with van der Waals surface area (Å²) in [6.07, 6.45) is 2.17. The number of rotatable bonds is 6. The van der Waals surface area contributed by atoms with Gasteiger partial charge in [0.1, 0.15) is 5.75 Å². The highest BCUT2D eigenvalue weighted by Gasteiger charge is 2.24. The van der Waals surface area contributed by atoms with Gasteiger partial charge in [-0.25, -0.2) is 4.79 Å². The second kappa shape index (κ2) is 7.84. The van der Waals surface area contributed by atoms with E-state index in [1.807, 2.05) is 6.07 Å². The molecule has 0 aliphatic carbocycles. The van der Waals surface area contributed by atoms with Crippen molar-refractivity contribution in [3.05, 3.63) is 58.8 Å². The summed E-state index contributed by atoms with van der Waals surface area (Å²) in [6.45, 7) is 6.28. The molecule has 2 aromatic carbocycles. The monoisotopic (exact) mass is 367 g/mol. The summed E-state index contributed by atoms with van der Waals surface area (Å²) < 4.78 is 5.87. The van der Waals surface area contributed by atoms with Gasteiger partial charge in [-0.05, 0) is 30.0 Å². The van der Waals surface area contributed by atoms with Gasteiger partial charge in [0.15, 0.2) is 0 Å². The molecule has 0 unspecified atom stereocenters. The number of carbonyl (C=O) groups is 1. The van der Waals surface area contributed by atoms with Crippen molar-refractivity contribution in [3.8, 4) is 16.9 Å². The summed E-state index contributed by atoms with van der Waals surface area (Å²) >= 11 is 0. The average molecular weight is 367 g/mol. The van der Waals surface area contributed by atoms with Gasteiger partial charge in [0.25, 0.3) is 0 Å². The van der Waals surface area contributed by atoms with Gasteiger partial charge >= 0.3 is 5.97 Å². The third-order valence-corrected chi connectivity index (χ3v) is 4.92. The van der Waals surface area contributed by atoms with E-state index in [1.165, 1.54) is 18.7 Å². The lowest BCUT2D eigenvalue weighted by molar-refractivity contribution is -0.132. The third-order valence-electron chi connectivity index (χ3n) is 4.92. The summed E-state index contributed by atoms with van der Waals surface area (Å²) in [5, 5.41) is 22.0. The van der Waals surface area contributed by atoms with E-state index < -0.39 is 5.97 Å². The molecule has 0 atom stereocenters. The zero-order valence-corrected chi connectivity index (χ0v) is 15.9. The number of hydrogen-bond donors (Lipinski definition) is 3. The molecule has 1 aliphatic heterocycles. The van der Waals surface area contributed by atoms with E-state index in [9.17, 15) is 9.90 Å². The second-order valence-electron chi connectivity index (χ2n) is 7.07. The Morgan fingerprint density at radius 2 is 2.00 bits per heavy atom.